The molecule has 124 valence electrons. The summed E-state index contributed by atoms with van der Waals surface area (Å²) in [5.74, 6) is 2.47. The van der Waals surface area contributed by atoms with Gasteiger partial charge >= 0.3 is 0 Å². The summed E-state index contributed by atoms with van der Waals surface area (Å²) in [5.41, 5.74) is 1.36. The number of benzene rings is 1. The molecule has 1 aliphatic heterocycles. The van der Waals surface area contributed by atoms with E-state index in [4.69, 9.17) is 0 Å². The summed E-state index contributed by atoms with van der Waals surface area (Å²) in [4.78, 5) is 15.3. The lowest BCUT2D eigenvalue weighted by atomic mass is 9.97. The highest BCUT2D eigenvalue weighted by atomic mass is 15.2. The molecule has 1 atom stereocenters. The Labute approximate surface area is 145 Å². The number of rotatable bonds is 3. The summed E-state index contributed by atoms with van der Waals surface area (Å²) in [7, 11) is 0. The van der Waals surface area contributed by atoms with Crippen LogP contribution in [0.15, 0.2) is 42.7 Å². The van der Waals surface area contributed by atoms with Gasteiger partial charge in [-0.25, -0.2) is 15.0 Å². The van der Waals surface area contributed by atoms with Crippen LogP contribution in [0.3, 0.4) is 0 Å². The van der Waals surface area contributed by atoms with Crippen molar-refractivity contribution in [1.29, 1.82) is 5.26 Å². The second-order valence-electron chi connectivity index (χ2n) is 6.04. The van der Waals surface area contributed by atoms with Crippen LogP contribution in [0.1, 0.15) is 30.3 Å². The molecular weight excluding hydrogens is 314 g/mol. The van der Waals surface area contributed by atoms with Gasteiger partial charge in [0.25, 0.3) is 0 Å². The van der Waals surface area contributed by atoms with E-state index in [-0.39, 0.29) is 5.92 Å². The first-order chi connectivity index (χ1) is 12.3. The van der Waals surface area contributed by atoms with E-state index in [9.17, 15) is 5.26 Å². The molecule has 0 saturated carbocycles. The minimum absolute atomic E-state index is 0.229. The number of nitriles is 1. The number of hydrogen-bond donors (Lipinski definition) is 1. The molecule has 25 heavy (non-hydrogen) atoms. The van der Waals surface area contributed by atoms with Crippen molar-refractivity contribution in [3.63, 3.8) is 0 Å². The van der Waals surface area contributed by atoms with Gasteiger partial charge in [-0.05, 0) is 12.8 Å². The molecule has 2 aromatic heterocycles. The fraction of sp³-hybridized carbons (Fsp3) is 0.278. The Balaban J connectivity index is 1.56. The Hall–Kier alpha value is -3.27. The van der Waals surface area contributed by atoms with Crippen LogP contribution >= 0.6 is 0 Å². The van der Waals surface area contributed by atoms with E-state index in [1.54, 1.807) is 12.4 Å². The highest BCUT2D eigenvalue weighted by molar-refractivity contribution is 5.54. The number of nitrogens with one attached hydrogen (secondary N) is 1. The molecule has 0 radical (unpaired) electrons. The molecule has 4 rings (SSSR count). The van der Waals surface area contributed by atoms with Crippen molar-refractivity contribution >= 4 is 5.82 Å². The molecule has 0 bridgehead atoms. The van der Waals surface area contributed by atoms with Crippen molar-refractivity contribution in [2.45, 2.75) is 18.8 Å². The van der Waals surface area contributed by atoms with Crippen molar-refractivity contribution in [2.24, 2.45) is 0 Å². The Morgan fingerprint density at radius 3 is 2.84 bits per heavy atom. The SMILES string of the molecule is N#Cc1nccnc1N1CCC[C@H](c2nc(-c3ccccc3)n[nH]2)C1. The van der Waals surface area contributed by atoms with Crippen molar-refractivity contribution in [2.75, 3.05) is 18.0 Å². The Morgan fingerprint density at radius 2 is 2.00 bits per heavy atom. The smallest absolute Gasteiger partial charge is 0.183 e. The predicted octanol–water partition coefficient (Wildman–Crippen LogP) is 2.52. The van der Waals surface area contributed by atoms with Crippen molar-refractivity contribution in [3.05, 3.63) is 54.2 Å². The summed E-state index contributed by atoms with van der Waals surface area (Å²) < 4.78 is 0. The topological polar surface area (TPSA) is 94.4 Å². The third-order valence-corrected chi connectivity index (χ3v) is 4.43. The second-order valence-corrected chi connectivity index (χ2v) is 6.04. The summed E-state index contributed by atoms with van der Waals surface area (Å²) in [6.07, 6.45) is 5.21. The average molecular weight is 331 g/mol. The number of piperidine rings is 1. The summed E-state index contributed by atoms with van der Waals surface area (Å²) in [6, 6.07) is 12.1. The van der Waals surface area contributed by atoms with Crippen molar-refractivity contribution in [1.82, 2.24) is 25.1 Å². The lowest BCUT2D eigenvalue weighted by molar-refractivity contribution is 0.489. The fourth-order valence-corrected chi connectivity index (χ4v) is 3.21. The van der Waals surface area contributed by atoms with E-state index in [2.05, 4.69) is 36.1 Å². The molecule has 1 N–H and O–H groups in total. The van der Waals surface area contributed by atoms with Gasteiger partial charge in [0, 0.05) is 37.0 Å². The van der Waals surface area contributed by atoms with Crippen molar-refractivity contribution < 1.29 is 0 Å². The number of hydrogen-bond acceptors (Lipinski definition) is 6. The van der Waals surface area contributed by atoms with Crippen LogP contribution in [-0.2, 0) is 0 Å². The lowest BCUT2D eigenvalue weighted by Gasteiger charge is -2.32. The van der Waals surface area contributed by atoms with Gasteiger partial charge in [-0.15, -0.1) is 0 Å². The quantitative estimate of drug-likeness (QED) is 0.792. The standard InChI is InChI=1S/C18H17N7/c19-11-15-18(21-9-8-20-15)25-10-4-7-14(12-25)17-22-16(23-24-17)13-5-2-1-3-6-13/h1-3,5-6,8-9,14H,4,7,10,12H2,(H,22,23,24)/t14-/m0/s1. The minimum Gasteiger partial charge on any atom is -0.353 e. The van der Waals surface area contributed by atoms with Gasteiger partial charge in [-0.2, -0.15) is 10.4 Å². The molecule has 1 aliphatic rings. The van der Waals surface area contributed by atoms with Crippen LogP contribution in [0, 0.1) is 11.3 Å². The van der Waals surface area contributed by atoms with Gasteiger partial charge in [0.2, 0.25) is 0 Å². The maximum atomic E-state index is 9.25. The summed E-state index contributed by atoms with van der Waals surface area (Å²) >= 11 is 0. The first-order valence-corrected chi connectivity index (χ1v) is 8.29. The Bertz CT molecular complexity index is 897. The largest absolute Gasteiger partial charge is 0.353 e. The minimum atomic E-state index is 0.229. The van der Waals surface area contributed by atoms with E-state index in [1.165, 1.54) is 0 Å². The second kappa shape index (κ2) is 6.69. The molecular formula is C18H17N7. The Morgan fingerprint density at radius 1 is 1.16 bits per heavy atom. The zero-order chi connectivity index (χ0) is 17.1. The van der Waals surface area contributed by atoms with E-state index in [1.807, 2.05) is 30.3 Å². The predicted molar refractivity (Wildman–Crippen MR) is 92.8 cm³/mol. The molecule has 3 aromatic rings. The fourth-order valence-electron chi connectivity index (χ4n) is 3.21. The molecule has 1 aromatic carbocycles. The first-order valence-electron chi connectivity index (χ1n) is 8.29. The zero-order valence-electron chi connectivity index (χ0n) is 13.6. The number of H-pyrrole nitrogens is 1. The number of anilines is 1. The van der Waals surface area contributed by atoms with Gasteiger partial charge in [-0.3, -0.25) is 5.10 Å². The maximum Gasteiger partial charge on any atom is 0.183 e. The number of aromatic nitrogens is 5. The highest BCUT2D eigenvalue weighted by Gasteiger charge is 2.26. The van der Waals surface area contributed by atoms with Gasteiger partial charge < -0.3 is 4.90 Å². The van der Waals surface area contributed by atoms with E-state index < -0.39 is 0 Å². The molecule has 0 unspecified atom stereocenters. The molecule has 0 amide bonds. The van der Waals surface area contributed by atoms with Crippen LogP contribution in [0.2, 0.25) is 0 Å². The average Bonchev–Trinajstić information content (AvgIpc) is 3.19. The van der Waals surface area contributed by atoms with Crippen molar-refractivity contribution in [3.8, 4) is 17.5 Å². The van der Waals surface area contributed by atoms with Gasteiger partial charge in [0.15, 0.2) is 17.3 Å². The molecule has 1 fully saturated rings. The van der Waals surface area contributed by atoms with Crippen LogP contribution in [0.5, 0.6) is 0 Å². The summed E-state index contributed by atoms with van der Waals surface area (Å²) in [6.45, 7) is 1.61. The van der Waals surface area contributed by atoms with E-state index >= 15 is 0 Å². The molecule has 7 heteroatoms. The molecule has 0 spiro atoms. The van der Waals surface area contributed by atoms with Gasteiger partial charge in [-0.1, -0.05) is 30.3 Å². The normalized spacial score (nSPS) is 17.2. The maximum absolute atomic E-state index is 9.25. The zero-order valence-corrected chi connectivity index (χ0v) is 13.6. The lowest BCUT2D eigenvalue weighted by Crippen LogP contribution is -2.36. The number of nitrogens with zero attached hydrogens (tertiary/aromatic N) is 6. The Kier molecular flexibility index (Phi) is 4.09. The van der Waals surface area contributed by atoms with Crippen LogP contribution in [-0.4, -0.2) is 38.2 Å². The molecule has 3 heterocycles. The van der Waals surface area contributed by atoms with E-state index in [0.29, 0.717) is 17.3 Å². The first kappa shape index (κ1) is 15.3. The monoisotopic (exact) mass is 331 g/mol. The molecule has 7 nitrogen and oxygen atoms in total. The van der Waals surface area contributed by atoms with Crippen LogP contribution in [0.25, 0.3) is 11.4 Å². The van der Waals surface area contributed by atoms with Crippen LogP contribution < -0.4 is 4.90 Å². The molecule has 1 saturated heterocycles. The van der Waals surface area contributed by atoms with Gasteiger partial charge in [0.05, 0.1) is 0 Å². The van der Waals surface area contributed by atoms with Crippen LogP contribution in [0.4, 0.5) is 5.82 Å². The number of aromatic amines is 1. The third kappa shape index (κ3) is 3.06. The van der Waals surface area contributed by atoms with Gasteiger partial charge in [0.1, 0.15) is 11.9 Å². The summed E-state index contributed by atoms with van der Waals surface area (Å²) in [5, 5.41) is 16.7. The highest BCUT2D eigenvalue weighted by Crippen LogP contribution is 2.29. The van der Waals surface area contributed by atoms with E-state index in [0.717, 1.165) is 37.3 Å². The third-order valence-electron chi connectivity index (χ3n) is 4.43. The molecule has 0 aliphatic carbocycles.